The van der Waals surface area contributed by atoms with Crippen LogP contribution in [0, 0.1) is 5.82 Å². The van der Waals surface area contributed by atoms with Gasteiger partial charge in [-0.2, -0.15) is 0 Å². The van der Waals surface area contributed by atoms with Crippen LogP contribution in [0.5, 0.6) is 0 Å². The van der Waals surface area contributed by atoms with Crippen molar-refractivity contribution in [2.45, 2.75) is 18.9 Å². The van der Waals surface area contributed by atoms with Crippen molar-refractivity contribution >= 4 is 5.69 Å². The molecule has 30 heavy (non-hydrogen) atoms. The largest absolute Gasteiger partial charge is 0.380 e. The summed E-state index contributed by atoms with van der Waals surface area (Å²) >= 11 is 0. The van der Waals surface area contributed by atoms with E-state index in [1.165, 1.54) is 11.6 Å². The molecule has 2 aromatic carbocycles. The van der Waals surface area contributed by atoms with Crippen LogP contribution in [0.25, 0.3) is 0 Å². The van der Waals surface area contributed by atoms with Crippen LogP contribution in [0.4, 0.5) is 10.1 Å². The topological polar surface area (TPSA) is 44.5 Å². The third kappa shape index (κ3) is 4.55. The standard InChI is InChI=1S/C24H29FN4O/c1-27-14-12-26-24(27)23(30)20-10-5-11-21(25)22(20)29-17-15-28(16-18-29)13-6-9-19-7-3-2-4-8-19/h2-5,7-8,10-12,14,23,30H,6,9,13,15-18H2,1H3. The Morgan fingerprint density at radius 2 is 1.80 bits per heavy atom. The van der Waals surface area contributed by atoms with E-state index < -0.39 is 6.10 Å². The van der Waals surface area contributed by atoms with Gasteiger partial charge in [-0.05, 0) is 31.0 Å². The van der Waals surface area contributed by atoms with Crippen molar-refractivity contribution < 1.29 is 9.50 Å². The quantitative estimate of drug-likeness (QED) is 0.651. The lowest BCUT2D eigenvalue weighted by Gasteiger charge is -2.37. The van der Waals surface area contributed by atoms with Crippen LogP contribution in [-0.4, -0.2) is 52.3 Å². The molecule has 0 aliphatic carbocycles. The highest BCUT2D eigenvalue weighted by molar-refractivity contribution is 5.57. The smallest absolute Gasteiger partial charge is 0.146 e. The minimum absolute atomic E-state index is 0.293. The predicted octanol–water partition coefficient (Wildman–Crippen LogP) is 3.40. The predicted molar refractivity (Wildman–Crippen MR) is 117 cm³/mol. The average Bonchev–Trinajstić information content (AvgIpc) is 3.20. The highest BCUT2D eigenvalue weighted by Crippen LogP contribution is 2.33. The Balaban J connectivity index is 1.39. The molecule has 1 fully saturated rings. The van der Waals surface area contributed by atoms with Gasteiger partial charge >= 0.3 is 0 Å². The molecule has 0 amide bonds. The molecular weight excluding hydrogens is 379 g/mol. The molecule has 1 aliphatic rings. The van der Waals surface area contributed by atoms with Gasteiger partial charge in [-0.25, -0.2) is 9.37 Å². The van der Waals surface area contributed by atoms with E-state index in [9.17, 15) is 9.50 Å². The SMILES string of the molecule is Cn1ccnc1C(O)c1cccc(F)c1N1CCN(CCCc2ccccc2)CC1. The lowest BCUT2D eigenvalue weighted by atomic mass is 10.0. The van der Waals surface area contributed by atoms with Crippen molar-refractivity contribution in [3.63, 3.8) is 0 Å². The number of aliphatic hydroxyl groups excluding tert-OH is 1. The summed E-state index contributed by atoms with van der Waals surface area (Å²) in [4.78, 5) is 8.74. The van der Waals surface area contributed by atoms with Crippen LogP contribution < -0.4 is 4.90 Å². The van der Waals surface area contributed by atoms with Crippen molar-refractivity contribution in [3.05, 3.63) is 83.7 Å². The first-order valence-corrected chi connectivity index (χ1v) is 10.6. The maximum absolute atomic E-state index is 14.8. The van der Waals surface area contributed by atoms with Crippen molar-refractivity contribution in [1.29, 1.82) is 0 Å². The number of hydrogen-bond donors (Lipinski definition) is 1. The van der Waals surface area contributed by atoms with Gasteiger partial charge in [-0.1, -0.05) is 42.5 Å². The highest BCUT2D eigenvalue weighted by atomic mass is 19.1. The number of halogens is 1. The molecule has 5 nitrogen and oxygen atoms in total. The molecule has 1 unspecified atom stereocenters. The number of benzene rings is 2. The van der Waals surface area contributed by atoms with E-state index in [0.29, 0.717) is 17.1 Å². The van der Waals surface area contributed by atoms with E-state index in [0.717, 1.165) is 45.6 Å². The first kappa shape index (κ1) is 20.6. The molecule has 0 saturated carbocycles. The zero-order chi connectivity index (χ0) is 20.9. The molecule has 158 valence electrons. The number of rotatable bonds is 7. The summed E-state index contributed by atoms with van der Waals surface area (Å²) < 4.78 is 16.6. The summed E-state index contributed by atoms with van der Waals surface area (Å²) in [6, 6.07) is 15.5. The third-order valence-electron chi connectivity index (χ3n) is 5.89. The fourth-order valence-corrected chi connectivity index (χ4v) is 4.21. The van der Waals surface area contributed by atoms with Crippen LogP contribution in [0.2, 0.25) is 0 Å². The second kappa shape index (κ2) is 9.41. The first-order valence-electron chi connectivity index (χ1n) is 10.6. The normalized spacial score (nSPS) is 16.0. The van der Waals surface area contributed by atoms with Gasteiger partial charge in [0, 0.05) is 51.2 Å². The highest BCUT2D eigenvalue weighted by Gasteiger charge is 2.26. The Hall–Kier alpha value is -2.70. The molecule has 0 radical (unpaired) electrons. The molecule has 3 aromatic rings. The molecule has 0 spiro atoms. The number of anilines is 1. The molecular formula is C24H29FN4O. The molecule has 6 heteroatoms. The number of imidazole rings is 1. The number of piperazine rings is 1. The van der Waals surface area contributed by atoms with E-state index in [1.807, 2.05) is 13.1 Å². The van der Waals surface area contributed by atoms with E-state index in [2.05, 4.69) is 39.0 Å². The number of para-hydroxylation sites is 1. The van der Waals surface area contributed by atoms with Crippen LogP contribution in [-0.2, 0) is 13.5 Å². The van der Waals surface area contributed by atoms with Crippen molar-refractivity contribution in [3.8, 4) is 0 Å². The minimum atomic E-state index is -0.959. The summed E-state index contributed by atoms with van der Waals surface area (Å²) in [5, 5.41) is 10.9. The van der Waals surface area contributed by atoms with Gasteiger partial charge in [0.2, 0.25) is 0 Å². The number of nitrogens with zero attached hydrogens (tertiary/aromatic N) is 4. The number of aliphatic hydroxyl groups is 1. The monoisotopic (exact) mass is 408 g/mol. The van der Waals surface area contributed by atoms with Crippen LogP contribution in [0.1, 0.15) is 29.5 Å². The summed E-state index contributed by atoms with van der Waals surface area (Å²) in [7, 11) is 1.83. The second-order valence-corrected chi connectivity index (χ2v) is 7.89. The lowest BCUT2D eigenvalue weighted by Crippen LogP contribution is -2.47. The fraction of sp³-hybridized carbons (Fsp3) is 0.375. The van der Waals surface area contributed by atoms with Crippen LogP contribution in [0.3, 0.4) is 0 Å². The van der Waals surface area contributed by atoms with Crippen LogP contribution >= 0.6 is 0 Å². The number of aromatic nitrogens is 2. The third-order valence-corrected chi connectivity index (χ3v) is 5.89. The zero-order valence-electron chi connectivity index (χ0n) is 17.4. The maximum atomic E-state index is 14.8. The average molecular weight is 409 g/mol. The molecule has 0 bridgehead atoms. The van der Waals surface area contributed by atoms with Gasteiger partial charge in [0.05, 0.1) is 5.69 Å². The van der Waals surface area contributed by atoms with E-state index in [4.69, 9.17) is 0 Å². The van der Waals surface area contributed by atoms with E-state index >= 15 is 0 Å². The lowest BCUT2D eigenvalue weighted by molar-refractivity contribution is 0.205. The molecule has 2 heterocycles. The zero-order valence-corrected chi connectivity index (χ0v) is 17.4. The number of aryl methyl sites for hydroxylation is 2. The molecule has 1 atom stereocenters. The van der Waals surface area contributed by atoms with Gasteiger partial charge in [0.25, 0.3) is 0 Å². The summed E-state index contributed by atoms with van der Waals surface area (Å²) in [5.41, 5.74) is 2.44. The van der Waals surface area contributed by atoms with E-state index in [-0.39, 0.29) is 5.82 Å². The maximum Gasteiger partial charge on any atom is 0.146 e. The Morgan fingerprint density at radius 3 is 2.50 bits per heavy atom. The Kier molecular flexibility index (Phi) is 6.45. The first-order chi connectivity index (χ1) is 14.6. The van der Waals surface area contributed by atoms with Gasteiger partial charge in [0.1, 0.15) is 17.7 Å². The summed E-state index contributed by atoms with van der Waals surface area (Å²) in [5.74, 6) is 0.222. The van der Waals surface area contributed by atoms with Gasteiger partial charge in [-0.15, -0.1) is 0 Å². The second-order valence-electron chi connectivity index (χ2n) is 7.89. The Morgan fingerprint density at radius 1 is 1.03 bits per heavy atom. The molecule has 1 saturated heterocycles. The summed E-state index contributed by atoms with van der Waals surface area (Å²) in [6.45, 7) is 4.31. The van der Waals surface area contributed by atoms with Gasteiger partial charge in [0.15, 0.2) is 0 Å². The molecule has 1 N–H and O–H groups in total. The van der Waals surface area contributed by atoms with E-state index in [1.54, 1.807) is 29.1 Å². The molecule has 1 aromatic heterocycles. The Labute approximate surface area is 177 Å². The van der Waals surface area contributed by atoms with Crippen molar-refractivity contribution in [1.82, 2.24) is 14.5 Å². The van der Waals surface area contributed by atoms with Crippen molar-refractivity contribution in [2.75, 3.05) is 37.6 Å². The Bertz CT molecular complexity index is 951. The van der Waals surface area contributed by atoms with Gasteiger partial charge < -0.3 is 14.6 Å². The molecule has 4 rings (SSSR count). The van der Waals surface area contributed by atoms with Crippen LogP contribution in [0.15, 0.2) is 60.9 Å². The minimum Gasteiger partial charge on any atom is -0.380 e. The van der Waals surface area contributed by atoms with Gasteiger partial charge in [-0.3, -0.25) is 4.90 Å². The fourth-order valence-electron chi connectivity index (χ4n) is 4.21. The number of hydrogen-bond acceptors (Lipinski definition) is 4. The summed E-state index contributed by atoms with van der Waals surface area (Å²) in [6.07, 6.45) is 4.66. The molecule has 1 aliphatic heterocycles. The van der Waals surface area contributed by atoms with Crippen molar-refractivity contribution in [2.24, 2.45) is 7.05 Å².